The van der Waals surface area contributed by atoms with Gasteiger partial charge in [0.15, 0.2) is 0 Å². The zero-order valence-electron chi connectivity index (χ0n) is 11.3. The van der Waals surface area contributed by atoms with Gasteiger partial charge in [0.25, 0.3) is 10.1 Å². The van der Waals surface area contributed by atoms with Gasteiger partial charge in [-0.15, -0.1) is 0 Å². The van der Waals surface area contributed by atoms with Gasteiger partial charge in [0.1, 0.15) is 4.90 Å². The van der Waals surface area contributed by atoms with Crippen molar-refractivity contribution >= 4 is 27.5 Å². The molecule has 1 aliphatic carbocycles. The highest BCUT2D eigenvalue weighted by Crippen LogP contribution is 2.35. The molecular formula is C14H18N2O3S. The van der Waals surface area contributed by atoms with Crippen molar-refractivity contribution in [3.05, 3.63) is 35.5 Å². The van der Waals surface area contributed by atoms with Gasteiger partial charge < -0.3 is 11.1 Å². The molecule has 0 spiro atoms. The van der Waals surface area contributed by atoms with Crippen molar-refractivity contribution in [2.45, 2.75) is 24.7 Å². The summed E-state index contributed by atoms with van der Waals surface area (Å²) in [6.45, 7) is 2.92. The maximum Gasteiger partial charge on any atom is 0.297 e. The zero-order chi connectivity index (χ0) is 14.8. The van der Waals surface area contributed by atoms with Gasteiger partial charge in [-0.3, -0.25) is 4.55 Å². The highest BCUT2D eigenvalue weighted by atomic mass is 32.2. The number of rotatable bonds is 4. The van der Waals surface area contributed by atoms with Crippen LogP contribution in [0.4, 0.5) is 5.69 Å². The van der Waals surface area contributed by atoms with E-state index in [0.717, 1.165) is 24.1 Å². The van der Waals surface area contributed by atoms with Crippen molar-refractivity contribution in [3.8, 4) is 0 Å². The topological polar surface area (TPSA) is 92.4 Å². The number of hydrogen-bond acceptors (Lipinski definition) is 4. The molecule has 0 heterocycles. The van der Waals surface area contributed by atoms with Crippen LogP contribution in [0.25, 0.3) is 11.6 Å². The Hall–Kier alpha value is -1.79. The van der Waals surface area contributed by atoms with Crippen LogP contribution in [0.3, 0.4) is 0 Å². The minimum Gasteiger partial charge on any atom is -0.398 e. The average Bonchev–Trinajstić information content (AvgIpc) is 2.37. The molecule has 0 aromatic heterocycles. The number of anilines is 1. The third kappa shape index (κ3) is 2.86. The second-order valence-corrected chi connectivity index (χ2v) is 6.01. The molecule has 0 unspecified atom stereocenters. The second kappa shape index (κ2) is 5.68. The summed E-state index contributed by atoms with van der Waals surface area (Å²) in [6.07, 6.45) is 7.14. The van der Waals surface area contributed by atoms with E-state index in [2.05, 4.69) is 12.2 Å². The summed E-state index contributed by atoms with van der Waals surface area (Å²) in [7, 11) is -4.35. The lowest BCUT2D eigenvalue weighted by molar-refractivity contribution is 0.483. The molecule has 0 amide bonds. The first-order chi connectivity index (χ1) is 9.45. The smallest absolute Gasteiger partial charge is 0.297 e. The Morgan fingerprint density at radius 2 is 2.20 bits per heavy atom. The van der Waals surface area contributed by atoms with Gasteiger partial charge in [-0.2, -0.15) is 8.42 Å². The fourth-order valence-electron chi connectivity index (χ4n) is 2.24. The Balaban J connectivity index is 2.56. The van der Waals surface area contributed by atoms with E-state index < -0.39 is 10.1 Å². The van der Waals surface area contributed by atoms with Crippen LogP contribution in [-0.2, 0) is 10.1 Å². The fraction of sp³-hybridized carbons (Fsp3) is 0.286. The van der Waals surface area contributed by atoms with E-state index in [0.29, 0.717) is 12.0 Å². The van der Waals surface area contributed by atoms with E-state index in [1.165, 1.54) is 6.07 Å². The van der Waals surface area contributed by atoms with Gasteiger partial charge in [-0.1, -0.05) is 25.1 Å². The van der Waals surface area contributed by atoms with Crippen LogP contribution < -0.4 is 11.1 Å². The molecular weight excluding hydrogens is 276 g/mol. The number of allylic oxidation sites excluding steroid dienone is 2. The molecule has 4 N–H and O–H groups in total. The molecule has 0 saturated carbocycles. The number of nitrogens with two attached hydrogens (primary N) is 1. The van der Waals surface area contributed by atoms with E-state index in [-0.39, 0.29) is 10.6 Å². The number of benzene rings is 1. The molecule has 0 fully saturated rings. The van der Waals surface area contributed by atoms with Gasteiger partial charge in [0.05, 0.1) is 5.69 Å². The summed E-state index contributed by atoms with van der Waals surface area (Å²) in [5.74, 6) is 0. The molecule has 0 atom stereocenters. The van der Waals surface area contributed by atoms with Crippen molar-refractivity contribution in [2.24, 2.45) is 0 Å². The van der Waals surface area contributed by atoms with Gasteiger partial charge in [0.2, 0.25) is 0 Å². The molecule has 5 nitrogen and oxygen atoms in total. The first-order valence-electron chi connectivity index (χ1n) is 6.44. The number of nitrogens with one attached hydrogen (secondary N) is 1. The summed E-state index contributed by atoms with van der Waals surface area (Å²) >= 11 is 0. The van der Waals surface area contributed by atoms with Gasteiger partial charge in [-0.05, 0) is 30.0 Å². The lowest BCUT2D eigenvalue weighted by Gasteiger charge is -2.18. The highest BCUT2D eigenvalue weighted by Gasteiger charge is 2.23. The second-order valence-electron chi connectivity index (χ2n) is 4.65. The molecule has 6 heteroatoms. The third-order valence-electron chi connectivity index (χ3n) is 3.12. The minimum absolute atomic E-state index is 0.0543. The molecule has 0 radical (unpaired) electrons. The van der Waals surface area contributed by atoms with E-state index in [9.17, 15) is 13.0 Å². The van der Waals surface area contributed by atoms with E-state index in [1.807, 2.05) is 12.3 Å². The van der Waals surface area contributed by atoms with Crippen LogP contribution in [0.1, 0.15) is 30.9 Å². The number of hydrogen-bond donors (Lipinski definition) is 3. The molecule has 0 aliphatic heterocycles. The van der Waals surface area contributed by atoms with Crippen molar-refractivity contribution in [3.63, 3.8) is 0 Å². The van der Waals surface area contributed by atoms with Gasteiger partial charge in [0, 0.05) is 18.3 Å². The molecule has 0 bridgehead atoms. The summed E-state index contributed by atoms with van der Waals surface area (Å²) in [6, 6.07) is 3.29. The molecule has 20 heavy (non-hydrogen) atoms. The number of nitrogen functional groups attached to an aromatic ring is 1. The van der Waals surface area contributed by atoms with E-state index in [4.69, 9.17) is 5.73 Å². The van der Waals surface area contributed by atoms with Crippen molar-refractivity contribution in [2.75, 3.05) is 12.3 Å². The monoisotopic (exact) mass is 294 g/mol. The quantitative estimate of drug-likeness (QED) is 0.450. The molecule has 1 aromatic rings. The highest BCUT2D eigenvalue weighted by molar-refractivity contribution is 7.86. The van der Waals surface area contributed by atoms with Crippen LogP contribution in [0.2, 0.25) is 0 Å². The zero-order valence-corrected chi connectivity index (χ0v) is 12.1. The number of fused-ring (bicyclic) bond motifs is 1. The summed E-state index contributed by atoms with van der Waals surface area (Å²) < 4.78 is 32.3. The van der Waals surface area contributed by atoms with Crippen LogP contribution >= 0.6 is 0 Å². The van der Waals surface area contributed by atoms with Gasteiger partial charge in [-0.25, -0.2) is 0 Å². The lowest BCUT2D eigenvalue weighted by Crippen LogP contribution is -2.11. The predicted octanol–water partition coefficient (Wildman–Crippen LogP) is 2.27. The Labute approximate surface area is 118 Å². The Bertz CT molecular complexity index is 676. The van der Waals surface area contributed by atoms with Crippen molar-refractivity contribution < 1.29 is 13.0 Å². The summed E-state index contributed by atoms with van der Waals surface area (Å²) in [5, 5.41) is 3.18. The van der Waals surface area contributed by atoms with Crippen LogP contribution in [0.5, 0.6) is 0 Å². The Morgan fingerprint density at radius 3 is 2.85 bits per heavy atom. The first-order valence-corrected chi connectivity index (χ1v) is 7.88. The molecule has 2 rings (SSSR count). The lowest BCUT2D eigenvalue weighted by atomic mass is 9.92. The fourth-order valence-corrected chi connectivity index (χ4v) is 3.06. The van der Waals surface area contributed by atoms with Crippen LogP contribution in [0, 0.1) is 0 Å². The Kier molecular flexibility index (Phi) is 4.15. The molecule has 1 aromatic carbocycles. The normalized spacial score (nSPS) is 16.2. The maximum absolute atomic E-state index is 11.5. The maximum atomic E-state index is 11.5. The third-order valence-corrected chi connectivity index (χ3v) is 4.09. The first kappa shape index (κ1) is 14.6. The SMILES string of the molecule is CCCNC=C1CC=Cc2c1ccc(N)c2S(=O)(=O)O. The summed E-state index contributed by atoms with van der Waals surface area (Å²) in [4.78, 5) is -0.215. The minimum atomic E-state index is -4.35. The van der Waals surface area contributed by atoms with Crippen LogP contribution in [0.15, 0.2) is 29.3 Å². The Morgan fingerprint density at radius 1 is 1.45 bits per heavy atom. The predicted molar refractivity (Wildman–Crippen MR) is 80.6 cm³/mol. The van der Waals surface area contributed by atoms with Gasteiger partial charge >= 0.3 is 0 Å². The van der Waals surface area contributed by atoms with Crippen molar-refractivity contribution in [1.82, 2.24) is 5.32 Å². The summed E-state index contributed by atoms with van der Waals surface area (Å²) in [5.41, 5.74) is 7.94. The molecule has 108 valence electrons. The van der Waals surface area contributed by atoms with E-state index >= 15 is 0 Å². The standard InChI is InChI=1S/C14H18N2O3S/c1-2-8-16-9-10-4-3-5-12-11(10)6-7-13(15)14(12)20(17,18)19/h3,5-7,9,16H,2,4,8,15H2,1H3,(H,17,18,19). The molecule has 1 aliphatic rings. The molecule has 0 saturated heterocycles. The van der Waals surface area contributed by atoms with Crippen LogP contribution in [-0.4, -0.2) is 19.5 Å². The largest absolute Gasteiger partial charge is 0.398 e. The average molecular weight is 294 g/mol. The van der Waals surface area contributed by atoms with E-state index in [1.54, 1.807) is 12.1 Å². The van der Waals surface area contributed by atoms with Crippen molar-refractivity contribution in [1.29, 1.82) is 0 Å².